The van der Waals surface area contributed by atoms with Crippen molar-refractivity contribution in [2.75, 3.05) is 11.9 Å². The summed E-state index contributed by atoms with van der Waals surface area (Å²) in [7, 11) is 0. The molecule has 6 N–H and O–H groups in total. The fraction of sp³-hybridized carbons (Fsp3) is 0.200. The maximum Gasteiger partial charge on any atom is 0.434 e. The van der Waals surface area contributed by atoms with Gasteiger partial charge in [-0.3, -0.25) is 14.5 Å². The highest BCUT2D eigenvalue weighted by atomic mass is 35.5. The quantitative estimate of drug-likeness (QED) is 0.279. The molecule has 1 aliphatic heterocycles. The molecule has 15 heteroatoms. The van der Waals surface area contributed by atoms with Crippen molar-refractivity contribution < 1.29 is 18.1 Å². The number of nitrogens with zero attached hydrogens (tertiary/aromatic N) is 4. The summed E-state index contributed by atoms with van der Waals surface area (Å²) < 4.78 is 41.1. The second kappa shape index (κ2) is 8.91. The number of hydrogen-bond acceptors (Lipinski definition) is 8. The van der Waals surface area contributed by atoms with Gasteiger partial charge in [-0.05, 0) is 24.3 Å². The average molecular weight is 529 g/mol. The second-order valence-corrected chi connectivity index (χ2v) is 8.52. The van der Waals surface area contributed by atoms with Crippen molar-refractivity contribution in [2.45, 2.75) is 18.3 Å². The van der Waals surface area contributed by atoms with E-state index in [1.54, 1.807) is 12.1 Å². The predicted molar refractivity (Wildman–Crippen MR) is 124 cm³/mol. The first-order chi connectivity index (χ1) is 16.4. The number of nitrogens with two attached hydrogens (primary N) is 2. The Hall–Kier alpha value is -3.55. The summed E-state index contributed by atoms with van der Waals surface area (Å²) in [6, 6.07) is 6.02. The van der Waals surface area contributed by atoms with Crippen LogP contribution >= 0.6 is 23.2 Å². The van der Waals surface area contributed by atoms with Gasteiger partial charge in [0.1, 0.15) is 11.3 Å². The van der Waals surface area contributed by atoms with Crippen molar-refractivity contribution in [3.05, 3.63) is 80.0 Å². The lowest BCUT2D eigenvalue weighted by Crippen LogP contribution is -2.55. The Balaban J connectivity index is 1.65. The number of fused-ring (bicyclic) bond motifs is 1. The number of nitrogens with one attached hydrogen (secondary N) is 2. The predicted octanol–water partition coefficient (Wildman–Crippen LogP) is 3.74. The molecule has 0 amide bonds. The van der Waals surface area contributed by atoms with Crippen molar-refractivity contribution in [3.63, 3.8) is 0 Å². The van der Waals surface area contributed by atoms with Crippen LogP contribution in [0.4, 0.5) is 19.1 Å². The number of halogens is 5. The molecule has 0 bridgehead atoms. The Morgan fingerprint density at radius 3 is 2.63 bits per heavy atom. The molecule has 3 aromatic rings. The van der Waals surface area contributed by atoms with Crippen LogP contribution in [0.15, 0.2) is 54.1 Å². The molecular formula is C20H17Cl2F3N8O2. The number of nitro groups is 1. The molecule has 0 spiro atoms. The molecule has 1 atom stereocenters. The molecule has 0 saturated heterocycles. The highest BCUT2D eigenvalue weighted by Gasteiger charge is 2.35. The maximum absolute atomic E-state index is 13.3. The fourth-order valence-corrected chi connectivity index (χ4v) is 3.95. The third kappa shape index (κ3) is 5.11. The van der Waals surface area contributed by atoms with Crippen LogP contribution in [0.5, 0.6) is 0 Å². The van der Waals surface area contributed by atoms with Gasteiger partial charge in [0.25, 0.3) is 0 Å². The summed E-state index contributed by atoms with van der Waals surface area (Å²) >= 11 is 12.2. The zero-order chi connectivity index (χ0) is 25.5. The van der Waals surface area contributed by atoms with Gasteiger partial charge in [0, 0.05) is 41.9 Å². The Bertz CT molecular complexity index is 1390. The van der Waals surface area contributed by atoms with E-state index in [9.17, 15) is 23.3 Å². The number of aromatic nitrogens is 3. The SMILES string of the molecule is NC1=C([N+](=O)[O-])C=CC(N)(CCNc2nc(-c3ccc(Cl)cc3Cl)cc3nc(C(F)(F)F)cn23)N1. The molecule has 0 fully saturated rings. The van der Waals surface area contributed by atoms with E-state index in [4.69, 9.17) is 34.7 Å². The van der Waals surface area contributed by atoms with Crippen LogP contribution in [-0.4, -0.2) is 31.5 Å². The minimum Gasteiger partial charge on any atom is -0.380 e. The van der Waals surface area contributed by atoms with E-state index in [0.29, 0.717) is 10.6 Å². The standard InChI is InChI=1S/C20H17Cl2F3N8O2/c21-10-1-2-11(12(22)7-10)13-8-16-30-15(20(23,24)25)9-32(16)18(29-13)28-6-5-19(27)4-3-14(33(34)35)17(26)31-19/h1-4,7-9,31H,5-6,26-27H2,(H,28,29). The molecule has 35 heavy (non-hydrogen) atoms. The summed E-state index contributed by atoms with van der Waals surface area (Å²) in [4.78, 5) is 18.4. The van der Waals surface area contributed by atoms with Gasteiger partial charge in [-0.1, -0.05) is 23.2 Å². The van der Waals surface area contributed by atoms with Gasteiger partial charge in [0.15, 0.2) is 11.5 Å². The van der Waals surface area contributed by atoms with E-state index in [1.165, 1.54) is 24.3 Å². The first-order valence-electron chi connectivity index (χ1n) is 9.93. The maximum atomic E-state index is 13.3. The number of rotatable bonds is 6. The summed E-state index contributed by atoms with van der Waals surface area (Å²) in [6.07, 6.45) is -1.13. The Kier molecular flexibility index (Phi) is 6.25. The molecule has 1 unspecified atom stereocenters. The van der Waals surface area contributed by atoms with Crippen molar-refractivity contribution in [1.29, 1.82) is 0 Å². The van der Waals surface area contributed by atoms with Gasteiger partial charge in [0.2, 0.25) is 5.95 Å². The largest absolute Gasteiger partial charge is 0.434 e. The van der Waals surface area contributed by atoms with Crippen LogP contribution in [0.25, 0.3) is 16.9 Å². The van der Waals surface area contributed by atoms with Crippen molar-refractivity contribution in [1.82, 2.24) is 19.7 Å². The second-order valence-electron chi connectivity index (χ2n) is 7.67. The number of hydrogen-bond donors (Lipinski definition) is 4. The number of imidazole rings is 1. The fourth-order valence-electron chi connectivity index (χ4n) is 3.45. The normalized spacial score (nSPS) is 18.1. The summed E-state index contributed by atoms with van der Waals surface area (Å²) in [5.41, 5.74) is 9.93. The van der Waals surface area contributed by atoms with Crippen LogP contribution < -0.4 is 22.1 Å². The van der Waals surface area contributed by atoms with Crippen LogP contribution in [0.1, 0.15) is 12.1 Å². The third-order valence-electron chi connectivity index (χ3n) is 5.15. The minimum atomic E-state index is -4.67. The number of anilines is 1. The Morgan fingerprint density at radius 2 is 2.00 bits per heavy atom. The van der Waals surface area contributed by atoms with E-state index >= 15 is 0 Å². The zero-order valence-corrected chi connectivity index (χ0v) is 19.1. The molecule has 4 rings (SSSR count). The van der Waals surface area contributed by atoms with Crippen molar-refractivity contribution in [3.8, 4) is 11.3 Å². The molecule has 0 radical (unpaired) electrons. The first-order valence-corrected chi connectivity index (χ1v) is 10.7. The van der Waals surface area contributed by atoms with Gasteiger partial charge in [-0.2, -0.15) is 13.2 Å². The Morgan fingerprint density at radius 1 is 1.26 bits per heavy atom. The lowest BCUT2D eigenvalue weighted by atomic mass is 10.0. The van der Waals surface area contributed by atoms with Gasteiger partial charge in [-0.15, -0.1) is 0 Å². The minimum absolute atomic E-state index is 0.0169. The summed E-state index contributed by atoms with van der Waals surface area (Å²) in [5, 5.41) is 17.2. The Labute approximate surface area is 205 Å². The molecule has 3 heterocycles. The summed E-state index contributed by atoms with van der Waals surface area (Å²) in [5.74, 6) is -0.159. The topological polar surface area (TPSA) is 149 Å². The van der Waals surface area contributed by atoms with Crippen LogP contribution in [0, 0.1) is 10.1 Å². The zero-order valence-electron chi connectivity index (χ0n) is 17.6. The van der Waals surface area contributed by atoms with Gasteiger partial charge >= 0.3 is 11.9 Å². The molecular weight excluding hydrogens is 512 g/mol. The number of alkyl halides is 3. The van der Waals surface area contributed by atoms with Crippen LogP contribution in [0.2, 0.25) is 10.0 Å². The van der Waals surface area contributed by atoms with Crippen molar-refractivity contribution >= 4 is 34.8 Å². The van der Waals surface area contributed by atoms with E-state index < -0.39 is 22.5 Å². The highest BCUT2D eigenvalue weighted by molar-refractivity contribution is 6.36. The summed E-state index contributed by atoms with van der Waals surface area (Å²) in [6.45, 7) is 0.106. The lowest BCUT2D eigenvalue weighted by Gasteiger charge is -2.30. The van der Waals surface area contributed by atoms with E-state index in [-0.39, 0.29) is 46.8 Å². The first kappa shape index (κ1) is 24.6. The monoisotopic (exact) mass is 528 g/mol. The smallest absolute Gasteiger partial charge is 0.380 e. The molecule has 1 aromatic carbocycles. The van der Waals surface area contributed by atoms with Gasteiger partial charge in [-0.25, -0.2) is 9.97 Å². The third-order valence-corrected chi connectivity index (χ3v) is 5.70. The number of allylic oxidation sites excluding steroid dienone is 1. The average Bonchev–Trinajstić information content (AvgIpc) is 3.18. The van der Waals surface area contributed by atoms with E-state index in [1.807, 2.05) is 0 Å². The van der Waals surface area contributed by atoms with Crippen LogP contribution in [-0.2, 0) is 6.18 Å². The van der Waals surface area contributed by atoms with Gasteiger partial charge < -0.3 is 22.1 Å². The lowest BCUT2D eigenvalue weighted by molar-refractivity contribution is -0.421. The number of dihydropyridines is 1. The highest BCUT2D eigenvalue weighted by Crippen LogP contribution is 2.33. The van der Waals surface area contributed by atoms with Gasteiger partial charge in [0.05, 0.1) is 15.6 Å². The molecule has 1 aliphatic rings. The molecule has 184 valence electrons. The molecule has 0 saturated carbocycles. The van der Waals surface area contributed by atoms with E-state index in [0.717, 1.165) is 10.6 Å². The molecule has 2 aromatic heterocycles. The molecule has 10 nitrogen and oxygen atoms in total. The molecule has 0 aliphatic carbocycles. The van der Waals surface area contributed by atoms with E-state index in [2.05, 4.69) is 20.6 Å². The van der Waals surface area contributed by atoms with Crippen LogP contribution in [0.3, 0.4) is 0 Å². The van der Waals surface area contributed by atoms with Crippen molar-refractivity contribution in [2.24, 2.45) is 11.5 Å². The number of benzene rings is 1.